The molecule has 5 heteroatoms. The van der Waals surface area contributed by atoms with Crippen molar-refractivity contribution < 1.29 is 14.6 Å². The summed E-state index contributed by atoms with van der Waals surface area (Å²) in [6.07, 6.45) is 1.55. The predicted molar refractivity (Wildman–Crippen MR) is 64.2 cm³/mol. The third-order valence-corrected chi connectivity index (χ3v) is 3.05. The van der Waals surface area contributed by atoms with E-state index in [9.17, 15) is 4.79 Å². The number of thiophene rings is 1. The SMILES string of the molecule is Cc1ncc(CO)cc1OC(=O)c1cccs1. The molecule has 0 radical (unpaired) electrons. The number of ether oxygens (including phenoxy) is 1. The molecule has 0 atom stereocenters. The number of carbonyl (C=O) groups excluding carboxylic acids is 1. The molecule has 0 aliphatic heterocycles. The first-order valence-electron chi connectivity index (χ1n) is 5.03. The summed E-state index contributed by atoms with van der Waals surface area (Å²) in [5, 5.41) is 10.8. The third kappa shape index (κ3) is 2.69. The van der Waals surface area contributed by atoms with Crippen LogP contribution in [0.4, 0.5) is 0 Å². The van der Waals surface area contributed by atoms with Crippen molar-refractivity contribution in [1.82, 2.24) is 4.98 Å². The maximum atomic E-state index is 11.7. The molecule has 0 saturated heterocycles. The van der Waals surface area contributed by atoms with Crippen molar-refractivity contribution in [1.29, 1.82) is 0 Å². The van der Waals surface area contributed by atoms with Crippen LogP contribution in [0, 0.1) is 6.92 Å². The van der Waals surface area contributed by atoms with Gasteiger partial charge in [-0.25, -0.2) is 4.79 Å². The molecule has 2 rings (SSSR count). The second-order valence-electron chi connectivity index (χ2n) is 3.45. The molecule has 0 bridgehead atoms. The maximum absolute atomic E-state index is 11.7. The maximum Gasteiger partial charge on any atom is 0.353 e. The van der Waals surface area contributed by atoms with E-state index in [1.54, 1.807) is 31.3 Å². The Morgan fingerprint density at radius 1 is 1.59 bits per heavy atom. The van der Waals surface area contributed by atoms with Crippen LogP contribution in [0.5, 0.6) is 5.75 Å². The monoisotopic (exact) mass is 249 g/mol. The van der Waals surface area contributed by atoms with E-state index in [-0.39, 0.29) is 6.61 Å². The van der Waals surface area contributed by atoms with Crippen LogP contribution in [-0.2, 0) is 6.61 Å². The number of aliphatic hydroxyl groups is 1. The van der Waals surface area contributed by atoms with Gasteiger partial charge in [-0.2, -0.15) is 0 Å². The first kappa shape index (κ1) is 11.8. The van der Waals surface area contributed by atoms with Crippen LogP contribution < -0.4 is 4.74 Å². The van der Waals surface area contributed by atoms with E-state index in [0.717, 1.165) is 0 Å². The Balaban J connectivity index is 2.21. The van der Waals surface area contributed by atoms with Gasteiger partial charge in [-0.05, 0) is 30.0 Å². The summed E-state index contributed by atoms with van der Waals surface area (Å²) < 4.78 is 5.23. The van der Waals surface area contributed by atoms with Gasteiger partial charge in [0.2, 0.25) is 0 Å². The van der Waals surface area contributed by atoms with E-state index in [1.165, 1.54) is 11.3 Å². The highest BCUT2D eigenvalue weighted by atomic mass is 32.1. The largest absolute Gasteiger partial charge is 0.420 e. The summed E-state index contributed by atoms with van der Waals surface area (Å²) in [4.78, 5) is 16.3. The Morgan fingerprint density at radius 3 is 3.06 bits per heavy atom. The van der Waals surface area contributed by atoms with Gasteiger partial charge >= 0.3 is 5.97 Å². The quantitative estimate of drug-likeness (QED) is 0.847. The Labute approximate surface area is 103 Å². The number of aliphatic hydroxyl groups excluding tert-OH is 1. The normalized spacial score (nSPS) is 10.2. The van der Waals surface area contributed by atoms with Crippen LogP contribution in [0.3, 0.4) is 0 Å². The van der Waals surface area contributed by atoms with Crippen molar-refractivity contribution >= 4 is 17.3 Å². The molecule has 0 unspecified atom stereocenters. The topological polar surface area (TPSA) is 59.4 Å². The molecule has 1 N–H and O–H groups in total. The number of hydrogen-bond acceptors (Lipinski definition) is 5. The summed E-state index contributed by atoms with van der Waals surface area (Å²) in [5.41, 5.74) is 1.23. The fraction of sp³-hybridized carbons (Fsp3) is 0.167. The molecule has 0 aliphatic carbocycles. The van der Waals surface area contributed by atoms with E-state index in [4.69, 9.17) is 9.84 Å². The van der Waals surface area contributed by atoms with Gasteiger partial charge in [0.25, 0.3) is 0 Å². The van der Waals surface area contributed by atoms with E-state index in [1.807, 2.05) is 5.38 Å². The number of rotatable bonds is 3. The summed E-state index contributed by atoms with van der Waals surface area (Å²) in [6.45, 7) is 1.62. The summed E-state index contributed by atoms with van der Waals surface area (Å²) >= 11 is 1.32. The molecular weight excluding hydrogens is 238 g/mol. The van der Waals surface area contributed by atoms with Crippen molar-refractivity contribution in [3.05, 3.63) is 45.9 Å². The van der Waals surface area contributed by atoms with Crippen LogP contribution in [0.2, 0.25) is 0 Å². The van der Waals surface area contributed by atoms with Gasteiger partial charge in [-0.1, -0.05) is 6.07 Å². The van der Waals surface area contributed by atoms with Crippen molar-refractivity contribution in [3.8, 4) is 5.75 Å². The van der Waals surface area contributed by atoms with Crippen LogP contribution in [0.25, 0.3) is 0 Å². The number of carbonyl (C=O) groups is 1. The minimum absolute atomic E-state index is 0.128. The van der Waals surface area contributed by atoms with Crippen LogP contribution in [0.15, 0.2) is 29.8 Å². The standard InChI is InChI=1S/C12H11NO3S/c1-8-10(5-9(7-14)6-13-8)16-12(15)11-3-2-4-17-11/h2-6,14H,7H2,1H3. The number of aromatic nitrogens is 1. The van der Waals surface area contributed by atoms with Gasteiger partial charge in [0.05, 0.1) is 12.3 Å². The lowest BCUT2D eigenvalue weighted by atomic mass is 10.2. The molecule has 0 spiro atoms. The molecule has 0 saturated carbocycles. The number of pyridine rings is 1. The van der Waals surface area contributed by atoms with E-state index < -0.39 is 5.97 Å². The molecule has 0 amide bonds. The van der Waals surface area contributed by atoms with Crippen LogP contribution in [0.1, 0.15) is 20.9 Å². The van der Waals surface area contributed by atoms with Gasteiger partial charge < -0.3 is 9.84 Å². The number of aryl methyl sites for hydroxylation is 1. The smallest absolute Gasteiger partial charge is 0.353 e. The molecule has 88 valence electrons. The molecule has 2 aromatic heterocycles. The zero-order chi connectivity index (χ0) is 12.3. The van der Waals surface area contributed by atoms with E-state index >= 15 is 0 Å². The summed E-state index contributed by atoms with van der Waals surface area (Å²) in [6, 6.07) is 5.11. The predicted octanol–water partition coefficient (Wildman–Crippen LogP) is 2.16. The highest BCUT2D eigenvalue weighted by Crippen LogP contribution is 2.20. The lowest BCUT2D eigenvalue weighted by Gasteiger charge is -2.06. The second-order valence-corrected chi connectivity index (χ2v) is 4.40. The zero-order valence-corrected chi connectivity index (χ0v) is 10.0. The number of nitrogens with zero attached hydrogens (tertiary/aromatic N) is 1. The summed E-state index contributed by atoms with van der Waals surface area (Å²) in [7, 11) is 0. The molecule has 0 fully saturated rings. The Kier molecular flexibility index (Phi) is 3.51. The number of esters is 1. The molecule has 2 aromatic rings. The summed E-state index contributed by atoms with van der Waals surface area (Å²) in [5.74, 6) is -0.0186. The Bertz CT molecular complexity index is 523. The highest BCUT2D eigenvalue weighted by molar-refractivity contribution is 7.12. The van der Waals surface area contributed by atoms with Crippen molar-refractivity contribution in [2.75, 3.05) is 0 Å². The van der Waals surface area contributed by atoms with Crippen molar-refractivity contribution in [2.45, 2.75) is 13.5 Å². The molecular formula is C12H11NO3S. The molecule has 0 aliphatic rings. The van der Waals surface area contributed by atoms with E-state index in [2.05, 4.69) is 4.98 Å². The van der Waals surface area contributed by atoms with Gasteiger partial charge in [-0.15, -0.1) is 11.3 Å². The lowest BCUT2D eigenvalue weighted by molar-refractivity contribution is 0.0737. The van der Waals surface area contributed by atoms with Crippen molar-refractivity contribution in [2.24, 2.45) is 0 Å². The molecule has 2 heterocycles. The third-order valence-electron chi connectivity index (χ3n) is 2.20. The fourth-order valence-electron chi connectivity index (χ4n) is 1.29. The van der Waals surface area contributed by atoms with Crippen LogP contribution in [-0.4, -0.2) is 16.1 Å². The molecule has 0 aromatic carbocycles. The Hall–Kier alpha value is -1.72. The molecule has 17 heavy (non-hydrogen) atoms. The average Bonchev–Trinajstić information content (AvgIpc) is 2.85. The van der Waals surface area contributed by atoms with Gasteiger partial charge in [0.15, 0.2) is 5.75 Å². The van der Waals surface area contributed by atoms with Crippen LogP contribution >= 0.6 is 11.3 Å². The van der Waals surface area contributed by atoms with Gasteiger partial charge in [0, 0.05) is 6.20 Å². The average molecular weight is 249 g/mol. The highest BCUT2D eigenvalue weighted by Gasteiger charge is 2.12. The minimum atomic E-state index is -0.403. The van der Waals surface area contributed by atoms with Gasteiger partial charge in [-0.3, -0.25) is 4.98 Å². The minimum Gasteiger partial charge on any atom is -0.420 e. The first-order chi connectivity index (χ1) is 8.20. The number of hydrogen-bond donors (Lipinski definition) is 1. The van der Waals surface area contributed by atoms with Gasteiger partial charge in [0.1, 0.15) is 4.88 Å². The Morgan fingerprint density at radius 2 is 2.41 bits per heavy atom. The fourth-order valence-corrected chi connectivity index (χ4v) is 1.89. The van der Waals surface area contributed by atoms with Crippen molar-refractivity contribution in [3.63, 3.8) is 0 Å². The lowest BCUT2D eigenvalue weighted by Crippen LogP contribution is -2.08. The zero-order valence-electron chi connectivity index (χ0n) is 9.21. The second kappa shape index (κ2) is 5.07. The van der Waals surface area contributed by atoms with E-state index in [0.29, 0.717) is 21.9 Å². The molecule has 4 nitrogen and oxygen atoms in total. The first-order valence-corrected chi connectivity index (χ1v) is 5.90.